The number of rotatable bonds is 3. The summed E-state index contributed by atoms with van der Waals surface area (Å²) in [5.41, 5.74) is 1.26. The molecular formula is C14H17FN2O. The quantitative estimate of drug-likeness (QED) is 0.887. The van der Waals surface area contributed by atoms with Gasteiger partial charge in [0, 0.05) is 23.8 Å². The van der Waals surface area contributed by atoms with Crippen molar-refractivity contribution in [1.82, 2.24) is 5.32 Å². The highest BCUT2D eigenvalue weighted by Crippen LogP contribution is 2.28. The van der Waals surface area contributed by atoms with Crippen molar-refractivity contribution in [3.63, 3.8) is 0 Å². The van der Waals surface area contributed by atoms with E-state index in [9.17, 15) is 9.18 Å². The second-order valence-corrected chi connectivity index (χ2v) is 5.16. The van der Waals surface area contributed by atoms with Gasteiger partial charge in [0.1, 0.15) is 5.82 Å². The number of halogens is 1. The molecule has 3 rings (SSSR count). The highest BCUT2D eigenvalue weighted by Gasteiger charge is 2.36. The van der Waals surface area contributed by atoms with Gasteiger partial charge in [-0.05, 0) is 38.3 Å². The summed E-state index contributed by atoms with van der Waals surface area (Å²) in [7, 11) is 0. The zero-order chi connectivity index (χ0) is 12.7. The molecule has 1 aromatic rings. The Labute approximate surface area is 106 Å². The van der Waals surface area contributed by atoms with Crippen molar-refractivity contribution in [1.29, 1.82) is 0 Å². The smallest absolute Gasteiger partial charge is 0.244 e. The maximum Gasteiger partial charge on any atom is 0.244 e. The van der Waals surface area contributed by atoms with Gasteiger partial charge >= 0.3 is 0 Å². The van der Waals surface area contributed by atoms with E-state index in [1.54, 1.807) is 17.9 Å². The minimum Gasteiger partial charge on any atom is -0.311 e. The summed E-state index contributed by atoms with van der Waals surface area (Å²) in [6.07, 6.45) is 3.15. The molecule has 1 saturated carbocycles. The summed E-state index contributed by atoms with van der Waals surface area (Å²) < 4.78 is 13.5. The van der Waals surface area contributed by atoms with Gasteiger partial charge in [-0.2, -0.15) is 0 Å². The molecule has 18 heavy (non-hydrogen) atoms. The molecule has 1 aliphatic carbocycles. The second-order valence-electron chi connectivity index (χ2n) is 5.16. The Morgan fingerprint density at radius 3 is 2.83 bits per heavy atom. The van der Waals surface area contributed by atoms with E-state index >= 15 is 0 Å². The van der Waals surface area contributed by atoms with Crippen molar-refractivity contribution in [3.8, 4) is 0 Å². The fourth-order valence-corrected chi connectivity index (χ4v) is 2.50. The van der Waals surface area contributed by atoms with Gasteiger partial charge in [-0.25, -0.2) is 4.39 Å². The van der Waals surface area contributed by atoms with Crippen LogP contribution in [0.1, 0.15) is 24.8 Å². The molecule has 0 bridgehead atoms. The fraction of sp³-hybridized carbons (Fsp3) is 0.500. The number of amides is 1. The van der Waals surface area contributed by atoms with Gasteiger partial charge in [0.25, 0.3) is 0 Å². The molecule has 0 aromatic heterocycles. The number of hydrogen-bond acceptors (Lipinski definition) is 2. The van der Waals surface area contributed by atoms with Crippen LogP contribution in [0.5, 0.6) is 0 Å². The molecular weight excluding hydrogens is 231 g/mol. The molecule has 2 fully saturated rings. The lowest BCUT2D eigenvalue weighted by Crippen LogP contribution is -2.39. The van der Waals surface area contributed by atoms with E-state index < -0.39 is 0 Å². The zero-order valence-corrected chi connectivity index (χ0v) is 10.4. The summed E-state index contributed by atoms with van der Waals surface area (Å²) in [5, 5.41) is 3.35. The summed E-state index contributed by atoms with van der Waals surface area (Å²) >= 11 is 0. The lowest BCUT2D eigenvalue weighted by atomic mass is 10.1. The van der Waals surface area contributed by atoms with Crippen LogP contribution in [-0.4, -0.2) is 24.5 Å². The van der Waals surface area contributed by atoms with Crippen LogP contribution in [0.25, 0.3) is 0 Å². The van der Waals surface area contributed by atoms with Crippen molar-refractivity contribution < 1.29 is 9.18 Å². The lowest BCUT2D eigenvalue weighted by molar-refractivity contribution is -0.118. The van der Waals surface area contributed by atoms with E-state index in [2.05, 4.69) is 5.32 Å². The number of nitrogens with zero attached hydrogens (tertiary/aromatic N) is 1. The molecule has 1 N–H and O–H groups in total. The third-order valence-corrected chi connectivity index (χ3v) is 3.75. The van der Waals surface area contributed by atoms with Gasteiger partial charge in [-0.3, -0.25) is 4.79 Å². The molecule has 0 spiro atoms. The van der Waals surface area contributed by atoms with Crippen LogP contribution < -0.4 is 10.2 Å². The number of nitrogens with one attached hydrogen (secondary N) is 1. The Balaban J connectivity index is 1.80. The average Bonchev–Trinajstić information content (AvgIpc) is 3.09. The van der Waals surface area contributed by atoms with Crippen LogP contribution >= 0.6 is 0 Å². The monoisotopic (exact) mass is 248 g/mol. The standard InChI is InChI=1S/C14H17FN2O/c1-9-11(15)3-2-4-13(9)17-8-7-12(14(17)18)16-10-5-6-10/h2-4,10,12,16H,5-8H2,1H3. The first kappa shape index (κ1) is 11.7. The Hall–Kier alpha value is -1.42. The van der Waals surface area contributed by atoms with Gasteiger partial charge in [-0.1, -0.05) is 6.07 Å². The Morgan fingerprint density at radius 2 is 2.11 bits per heavy atom. The number of carbonyl (C=O) groups excluding carboxylic acids is 1. The van der Waals surface area contributed by atoms with Crippen LogP contribution in [0.15, 0.2) is 18.2 Å². The minimum absolute atomic E-state index is 0.0793. The van der Waals surface area contributed by atoms with Crippen LogP contribution in [-0.2, 0) is 4.79 Å². The summed E-state index contributed by atoms with van der Waals surface area (Å²) in [5.74, 6) is -0.172. The third-order valence-electron chi connectivity index (χ3n) is 3.75. The molecule has 1 saturated heterocycles. The predicted molar refractivity (Wildman–Crippen MR) is 68.1 cm³/mol. The number of anilines is 1. The van der Waals surface area contributed by atoms with E-state index in [0.29, 0.717) is 23.8 Å². The number of carbonyl (C=O) groups is 1. The van der Waals surface area contributed by atoms with Crippen LogP contribution in [0, 0.1) is 12.7 Å². The molecule has 96 valence electrons. The zero-order valence-electron chi connectivity index (χ0n) is 10.4. The molecule has 1 aliphatic heterocycles. The number of benzene rings is 1. The molecule has 1 amide bonds. The van der Waals surface area contributed by atoms with Crippen LogP contribution in [0.2, 0.25) is 0 Å². The molecule has 0 radical (unpaired) electrons. The fourth-order valence-electron chi connectivity index (χ4n) is 2.50. The lowest BCUT2D eigenvalue weighted by Gasteiger charge is -2.19. The van der Waals surface area contributed by atoms with Crippen LogP contribution in [0.3, 0.4) is 0 Å². The minimum atomic E-state index is -0.251. The summed E-state index contributed by atoms with van der Waals surface area (Å²) in [6, 6.07) is 5.34. The van der Waals surface area contributed by atoms with Crippen LogP contribution in [0.4, 0.5) is 10.1 Å². The first-order valence-electron chi connectivity index (χ1n) is 6.49. The molecule has 1 unspecified atom stereocenters. The molecule has 1 aromatic carbocycles. The van der Waals surface area contributed by atoms with Gasteiger partial charge in [0.2, 0.25) is 5.91 Å². The van der Waals surface area contributed by atoms with Crippen molar-refractivity contribution in [2.45, 2.75) is 38.3 Å². The molecule has 3 nitrogen and oxygen atoms in total. The SMILES string of the molecule is Cc1c(F)cccc1N1CCC(NC2CC2)C1=O. The van der Waals surface area contributed by atoms with E-state index in [1.165, 1.54) is 18.9 Å². The normalized spacial score (nSPS) is 23.8. The van der Waals surface area contributed by atoms with E-state index in [-0.39, 0.29) is 17.8 Å². The van der Waals surface area contributed by atoms with Gasteiger partial charge in [0.05, 0.1) is 6.04 Å². The maximum absolute atomic E-state index is 13.5. The van der Waals surface area contributed by atoms with Crippen molar-refractivity contribution in [3.05, 3.63) is 29.6 Å². The van der Waals surface area contributed by atoms with E-state index in [0.717, 1.165) is 6.42 Å². The largest absolute Gasteiger partial charge is 0.311 e. The summed E-state index contributed by atoms with van der Waals surface area (Å²) in [6.45, 7) is 2.40. The first-order valence-corrected chi connectivity index (χ1v) is 6.49. The van der Waals surface area contributed by atoms with Gasteiger partial charge in [0.15, 0.2) is 0 Å². The van der Waals surface area contributed by atoms with Crippen molar-refractivity contribution in [2.75, 3.05) is 11.4 Å². The Morgan fingerprint density at radius 1 is 1.33 bits per heavy atom. The highest BCUT2D eigenvalue weighted by atomic mass is 19.1. The summed E-state index contributed by atoms with van der Waals surface area (Å²) in [4.78, 5) is 14.0. The third kappa shape index (κ3) is 2.01. The first-order chi connectivity index (χ1) is 8.66. The maximum atomic E-state index is 13.5. The number of hydrogen-bond donors (Lipinski definition) is 1. The second kappa shape index (κ2) is 4.35. The van der Waals surface area contributed by atoms with Crippen molar-refractivity contribution >= 4 is 11.6 Å². The van der Waals surface area contributed by atoms with Gasteiger partial charge in [-0.15, -0.1) is 0 Å². The Kier molecular flexibility index (Phi) is 2.82. The topological polar surface area (TPSA) is 32.3 Å². The van der Waals surface area contributed by atoms with E-state index in [4.69, 9.17) is 0 Å². The molecule has 1 atom stereocenters. The molecule has 4 heteroatoms. The highest BCUT2D eigenvalue weighted by molar-refractivity contribution is 6.00. The molecule has 1 heterocycles. The van der Waals surface area contributed by atoms with Gasteiger partial charge < -0.3 is 10.2 Å². The average molecular weight is 248 g/mol. The predicted octanol–water partition coefficient (Wildman–Crippen LogP) is 1.99. The van der Waals surface area contributed by atoms with E-state index in [1.807, 2.05) is 6.07 Å². The van der Waals surface area contributed by atoms with Crippen molar-refractivity contribution in [2.24, 2.45) is 0 Å². The Bertz CT molecular complexity index is 485. The molecule has 2 aliphatic rings.